The molecule has 2 aromatic heterocycles. The summed E-state index contributed by atoms with van der Waals surface area (Å²) in [6.45, 7) is 10.0. The van der Waals surface area contributed by atoms with Crippen LogP contribution in [0.3, 0.4) is 0 Å². The van der Waals surface area contributed by atoms with E-state index in [0.717, 1.165) is 53.7 Å². The Morgan fingerprint density at radius 2 is 1.89 bits per heavy atom. The van der Waals surface area contributed by atoms with Crippen molar-refractivity contribution in [3.8, 4) is 6.07 Å². The Hall–Kier alpha value is -3.43. The molecule has 198 valence electrons. The van der Waals surface area contributed by atoms with Crippen molar-refractivity contribution in [3.63, 3.8) is 0 Å². The van der Waals surface area contributed by atoms with Gasteiger partial charge in [0.1, 0.15) is 11.7 Å². The Labute approximate surface area is 225 Å². The first-order valence-electron chi connectivity index (χ1n) is 13.9. The zero-order valence-electron chi connectivity index (χ0n) is 23.2. The lowest BCUT2D eigenvalue weighted by Crippen LogP contribution is -2.39. The number of fused-ring (bicyclic) bond motifs is 2. The first kappa shape index (κ1) is 26.2. The van der Waals surface area contributed by atoms with Gasteiger partial charge < -0.3 is 14.2 Å². The van der Waals surface area contributed by atoms with Gasteiger partial charge >= 0.3 is 0 Å². The molecule has 0 N–H and O–H groups in total. The lowest BCUT2D eigenvalue weighted by atomic mass is 9.95. The van der Waals surface area contributed by atoms with E-state index in [1.54, 1.807) is 6.08 Å². The monoisotopic (exact) mass is 510 g/mol. The van der Waals surface area contributed by atoms with Crippen LogP contribution >= 0.6 is 0 Å². The van der Waals surface area contributed by atoms with Gasteiger partial charge in [-0.15, -0.1) is 0 Å². The number of likely N-dealkylation sites (N-methyl/N-ethyl adjacent to an activating group) is 1. The molecule has 1 aliphatic carbocycles. The summed E-state index contributed by atoms with van der Waals surface area (Å²) < 4.78 is 7.72. The first-order chi connectivity index (χ1) is 18.3. The highest BCUT2D eigenvalue weighted by Crippen LogP contribution is 2.42. The van der Waals surface area contributed by atoms with Gasteiger partial charge in [-0.25, -0.2) is 4.98 Å². The second-order valence-electron chi connectivity index (χ2n) is 11.3. The van der Waals surface area contributed by atoms with Crippen molar-refractivity contribution in [1.29, 1.82) is 5.26 Å². The second kappa shape index (κ2) is 10.7. The van der Waals surface area contributed by atoms with Crippen LogP contribution in [0, 0.1) is 11.3 Å². The number of rotatable bonds is 6. The molecule has 2 aliphatic rings. The predicted octanol–water partition coefficient (Wildman–Crippen LogP) is 6.34. The Kier molecular flexibility index (Phi) is 7.40. The van der Waals surface area contributed by atoms with E-state index in [0.29, 0.717) is 18.8 Å². The van der Waals surface area contributed by atoms with E-state index in [4.69, 9.17) is 9.72 Å². The largest absolute Gasteiger partial charge is 0.381 e. The van der Waals surface area contributed by atoms with E-state index in [9.17, 15) is 10.1 Å². The molecule has 1 saturated heterocycles. The zero-order chi connectivity index (χ0) is 27.0. The molecular formula is C32H38N4O2. The number of carbonyl (C=O) groups excluding carboxylic acids is 1. The lowest BCUT2D eigenvalue weighted by Gasteiger charge is -2.30. The number of nitriles is 1. The molecule has 1 atom stereocenters. The average molecular weight is 511 g/mol. The normalized spacial score (nSPS) is 18.0. The van der Waals surface area contributed by atoms with Gasteiger partial charge in [-0.3, -0.25) is 4.79 Å². The highest BCUT2D eigenvalue weighted by atomic mass is 16.5. The van der Waals surface area contributed by atoms with Crippen LogP contribution in [-0.4, -0.2) is 46.7 Å². The smallest absolute Gasteiger partial charge is 0.246 e. The van der Waals surface area contributed by atoms with Gasteiger partial charge in [0.2, 0.25) is 5.91 Å². The highest BCUT2D eigenvalue weighted by Gasteiger charge is 2.31. The molecule has 1 fully saturated rings. The third-order valence-electron chi connectivity index (χ3n) is 8.25. The predicted molar refractivity (Wildman–Crippen MR) is 151 cm³/mol. The third-order valence-corrected chi connectivity index (χ3v) is 8.25. The number of ether oxygens (including phenoxy) is 1. The maximum absolute atomic E-state index is 13.3. The third kappa shape index (κ3) is 4.65. The molecular weight excluding hydrogens is 472 g/mol. The average Bonchev–Trinajstić information content (AvgIpc) is 3.49. The number of benzene rings is 1. The molecule has 5 rings (SSSR count). The molecule has 1 aliphatic heterocycles. The molecule has 0 saturated carbocycles. The summed E-state index contributed by atoms with van der Waals surface area (Å²) in [5.41, 5.74) is 7.01. The lowest BCUT2D eigenvalue weighted by molar-refractivity contribution is -0.128. The quantitative estimate of drug-likeness (QED) is 0.363. The van der Waals surface area contributed by atoms with Gasteiger partial charge in [0.15, 0.2) is 0 Å². The molecule has 0 radical (unpaired) electrons. The van der Waals surface area contributed by atoms with Crippen molar-refractivity contribution in [3.05, 3.63) is 70.0 Å². The topological polar surface area (TPSA) is 71.2 Å². The maximum atomic E-state index is 13.3. The van der Waals surface area contributed by atoms with Crippen molar-refractivity contribution in [2.45, 2.75) is 77.3 Å². The van der Waals surface area contributed by atoms with Gasteiger partial charge in [0, 0.05) is 43.5 Å². The minimum Gasteiger partial charge on any atom is -0.381 e. The van der Waals surface area contributed by atoms with E-state index in [1.807, 2.05) is 18.0 Å². The Bertz CT molecular complexity index is 1420. The SMILES string of the molecule is CC(C)c1cc(C(C)C)c2c(C#N)c(/C=C/C(=O)N(C)C3CCOCC3)n(C3CCc4ccccc43)c2n1. The van der Waals surface area contributed by atoms with Crippen molar-refractivity contribution in [2.24, 2.45) is 0 Å². The molecule has 3 heterocycles. The van der Waals surface area contributed by atoms with Gasteiger partial charge in [-0.2, -0.15) is 5.26 Å². The zero-order valence-corrected chi connectivity index (χ0v) is 23.2. The van der Waals surface area contributed by atoms with Crippen molar-refractivity contribution in [1.82, 2.24) is 14.5 Å². The number of hydrogen-bond acceptors (Lipinski definition) is 4. The van der Waals surface area contributed by atoms with E-state index in [-0.39, 0.29) is 29.8 Å². The fourth-order valence-corrected chi connectivity index (χ4v) is 6.03. The van der Waals surface area contributed by atoms with Gasteiger partial charge in [0.05, 0.1) is 17.3 Å². The number of pyridine rings is 1. The van der Waals surface area contributed by atoms with Gasteiger partial charge in [-0.1, -0.05) is 52.0 Å². The van der Waals surface area contributed by atoms with E-state index in [2.05, 4.69) is 68.7 Å². The minimum atomic E-state index is -0.0515. The molecule has 3 aromatic rings. The number of amides is 1. The Morgan fingerprint density at radius 3 is 2.58 bits per heavy atom. The molecule has 1 unspecified atom stereocenters. The summed E-state index contributed by atoms with van der Waals surface area (Å²) in [6.07, 6.45) is 7.11. The number of carbonyl (C=O) groups is 1. The first-order valence-corrected chi connectivity index (χ1v) is 13.9. The minimum absolute atomic E-state index is 0.0515. The summed E-state index contributed by atoms with van der Waals surface area (Å²) >= 11 is 0. The summed E-state index contributed by atoms with van der Waals surface area (Å²) in [5, 5.41) is 11.4. The van der Waals surface area contributed by atoms with Crippen LogP contribution in [0.2, 0.25) is 0 Å². The van der Waals surface area contributed by atoms with E-state index < -0.39 is 0 Å². The summed E-state index contributed by atoms with van der Waals surface area (Å²) in [7, 11) is 1.87. The standard InChI is InChI=1S/C32H38N4O2/c1-20(2)25-18-27(21(3)4)34-32-31(25)26(19-33)29(12-13-30(37)35(5)23-14-16-38-17-15-23)36(32)28-11-10-22-8-6-7-9-24(22)28/h6-9,12-13,18,20-21,23,28H,10-11,14-17H2,1-5H3/b13-12+. The van der Waals surface area contributed by atoms with E-state index in [1.165, 1.54) is 11.1 Å². The van der Waals surface area contributed by atoms with Gasteiger partial charge in [0.25, 0.3) is 0 Å². The van der Waals surface area contributed by atoms with Gasteiger partial charge in [-0.05, 0) is 66.4 Å². The molecule has 1 amide bonds. The van der Waals surface area contributed by atoms with Crippen molar-refractivity contribution >= 4 is 23.0 Å². The Balaban J connectivity index is 1.71. The van der Waals surface area contributed by atoms with Crippen LogP contribution in [0.4, 0.5) is 0 Å². The molecule has 38 heavy (non-hydrogen) atoms. The highest BCUT2D eigenvalue weighted by molar-refractivity contribution is 5.96. The molecule has 6 nitrogen and oxygen atoms in total. The van der Waals surface area contributed by atoms with Crippen LogP contribution in [-0.2, 0) is 16.0 Å². The fourth-order valence-electron chi connectivity index (χ4n) is 6.03. The molecule has 0 spiro atoms. The number of nitrogens with zero attached hydrogens (tertiary/aromatic N) is 4. The molecule has 1 aromatic carbocycles. The molecule has 0 bridgehead atoms. The summed E-state index contributed by atoms with van der Waals surface area (Å²) in [6, 6.07) is 13.5. The summed E-state index contributed by atoms with van der Waals surface area (Å²) in [5.74, 6) is 0.439. The van der Waals surface area contributed by atoms with Crippen molar-refractivity contribution < 1.29 is 9.53 Å². The van der Waals surface area contributed by atoms with Crippen molar-refractivity contribution in [2.75, 3.05) is 20.3 Å². The van der Waals surface area contributed by atoms with Crippen LogP contribution in [0.1, 0.15) is 98.5 Å². The van der Waals surface area contributed by atoms with Crippen LogP contribution in [0.25, 0.3) is 17.1 Å². The van der Waals surface area contributed by atoms with Crippen LogP contribution in [0.5, 0.6) is 0 Å². The number of aromatic nitrogens is 2. The number of aryl methyl sites for hydroxylation is 1. The van der Waals surface area contributed by atoms with Crippen LogP contribution in [0.15, 0.2) is 36.4 Å². The van der Waals surface area contributed by atoms with Crippen LogP contribution < -0.4 is 0 Å². The second-order valence-corrected chi connectivity index (χ2v) is 11.3. The fraction of sp³-hybridized carbons (Fsp3) is 0.469. The van der Waals surface area contributed by atoms with E-state index >= 15 is 0 Å². The summed E-state index contributed by atoms with van der Waals surface area (Å²) in [4.78, 5) is 20.3. The molecule has 6 heteroatoms. The maximum Gasteiger partial charge on any atom is 0.246 e. The Morgan fingerprint density at radius 1 is 1.16 bits per heavy atom. The number of hydrogen-bond donors (Lipinski definition) is 0.